The van der Waals surface area contributed by atoms with Gasteiger partial charge in [0.05, 0.1) is 0 Å². The van der Waals surface area contributed by atoms with E-state index in [0.29, 0.717) is 5.56 Å². The lowest BCUT2D eigenvalue weighted by Gasteiger charge is -2.31. The number of rotatable bonds is 6. The molecule has 6 nitrogen and oxygen atoms in total. The summed E-state index contributed by atoms with van der Waals surface area (Å²) in [6, 6.07) is 2.64. The number of phenolic OH excluding ortho intramolecular Hbond substituents is 1. The van der Waals surface area contributed by atoms with Crippen molar-refractivity contribution in [1.82, 2.24) is 5.32 Å². The number of amides is 1. The lowest BCUT2D eigenvalue weighted by atomic mass is 9.79. The molecule has 1 amide bonds. The van der Waals surface area contributed by atoms with Crippen molar-refractivity contribution in [3.8, 4) is 5.75 Å². The lowest BCUT2D eigenvalue weighted by molar-refractivity contribution is -0.131. The third-order valence-corrected chi connectivity index (χ3v) is 5.12. The first-order valence-corrected chi connectivity index (χ1v) is 11.1. The van der Waals surface area contributed by atoms with E-state index < -0.39 is 23.1 Å². The zero-order valence-electron chi connectivity index (χ0n) is 21.7. The average molecular weight is 447 g/mol. The number of hydrogen-bond acceptors (Lipinski definition) is 5. The Morgan fingerprint density at radius 1 is 1.00 bits per heavy atom. The van der Waals surface area contributed by atoms with Crippen LogP contribution in [0.15, 0.2) is 17.1 Å². The van der Waals surface area contributed by atoms with Gasteiger partial charge in [-0.2, -0.15) is 0 Å². The van der Waals surface area contributed by atoms with Gasteiger partial charge in [0.1, 0.15) is 17.1 Å². The van der Waals surface area contributed by atoms with Crippen molar-refractivity contribution in [1.29, 1.82) is 0 Å². The number of aromatic hydroxyl groups is 1. The van der Waals surface area contributed by atoms with E-state index in [-0.39, 0.29) is 28.8 Å². The van der Waals surface area contributed by atoms with Crippen LogP contribution in [0.3, 0.4) is 0 Å². The molecule has 6 heteroatoms. The number of carbonyl (C=O) groups excluding carboxylic acids is 2. The van der Waals surface area contributed by atoms with Gasteiger partial charge in [-0.05, 0) is 57.1 Å². The number of hydrogen-bond donors (Lipinski definition) is 3. The molecule has 0 saturated heterocycles. The van der Waals surface area contributed by atoms with Crippen LogP contribution < -0.4 is 5.32 Å². The van der Waals surface area contributed by atoms with E-state index in [0.717, 1.165) is 11.1 Å². The van der Waals surface area contributed by atoms with Crippen molar-refractivity contribution >= 4 is 17.9 Å². The number of phenols is 1. The summed E-state index contributed by atoms with van der Waals surface area (Å²) in [7, 11) is 0. The molecular weight excluding hydrogens is 404 g/mol. The molecule has 0 saturated carbocycles. The Morgan fingerprint density at radius 2 is 1.53 bits per heavy atom. The molecule has 0 aromatic heterocycles. The maximum absolute atomic E-state index is 13.0. The molecule has 1 aromatic carbocycles. The maximum Gasteiger partial charge on any atom is 0.248 e. The number of ketones is 1. The van der Waals surface area contributed by atoms with Crippen molar-refractivity contribution < 1.29 is 19.8 Å². The summed E-state index contributed by atoms with van der Waals surface area (Å²) in [4.78, 5) is 29.1. The Kier molecular flexibility index (Phi) is 8.12. The average Bonchev–Trinajstić information content (AvgIpc) is 2.50. The van der Waals surface area contributed by atoms with Crippen LogP contribution >= 0.6 is 0 Å². The highest BCUT2D eigenvalue weighted by atomic mass is 16.3. The fourth-order valence-electron chi connectivity index (χ4n) is 3.46. The molecule has 180 valence electrons. The molecule has 1 rings (SSSR count). The SMILES string of the molecule is CC(=O)C[C@@](C)(O)[C@H](N=Cc1cc(C(C)(C)C)cc(C(C)(C)C)c1O)C(=O)NC(C)(C)C. The maximum atomic E-state index is 13.0. The first-order valence-electron chi connectivity index (χ1n) is 11.1. The van der Waals surface area contributed by atoms with Gasteiger partial charge in [-0.1, -0.05) is 47.6 Å². The number of nitrogens with one attached hydrogen (secondary N) is 1. The van der Waals surface area contributed by atoms with Gasteiger partial charge >= 0.3 is 0 Å². The molecule has 0 heterocycles. The molecule has 0 spiro atoms. The molecule has 0 fully saturated rings. The minimum absolute atomic E-state index is 0.0930. The number of aliphatic imine (C=N–C) groups is 1. The molecule has 0 aliphatic rings. The van der Waals surface area contributed by atoms with E-state index in [1.165, 1.54) is 20.1 Å². The van der Waals surface area contributed by atoms with Gasteiger partial charge < -0.3 is 15.5 Å². The molecule has 0 aliphatic heterocycles. The van der Waals surface area contributed by atoms with E-state index >= 15 is 0 Å². The normalized spacial score (nSPS) is 16.0. The quantitative estimate of drug-likeness (QED) is 0.563. The zero-order valence-corrected chi connectivity index (χ0v) is 21.7. The van der Waals surface area contributed by atoms with E-state index in [9.17, 15) is 19.8 Å². The molecule has 2 atom stereocenters. The van der Waals surface area contributed by atoms with Crippen molar-refractivity contribution in [2.45, 2.75) is 111 Å². The third-order valence-electron chi connectivity index (χ3n) is 5.12. The number of nitrogens with zero attached hydrogens (tertiary/aromatic N) is 1. The first-order chi connectivity index (χ1) is 14.1. The highest BCUT2D eigenvalue weighted by molar-refractivity contribution is 5.91. The van der Waals surface area contributed by atoms with Crippen LogP contribution in [-0.4, -0.2) is 45.3 Å². The van der Waals surface area contributed by atoms with Crippen LogP contribution in [0.1, 0.15) is 99.3 Å². The smallest absolute Gasteiger partial charge is 0.248 e. The minimum atomic E-state index is -1.68. The second-order valence-electron chi connectivity index (χ2n) is 12.1. The van der Waals surface area contributed by atoms with Gasteiger partial charge in [-0.25, -0.2) is 0 Å². The van der Waals surface area contributed by atoms with Crippen molar-refractivity contribution in [2.75, 3.05) is 0 Å². The lowest BCUT2D eigenvalue weighted by Crippen LogP contribution is -2.53. The van der Waals surface area contributed by atoms with Gasteiger partial charge in [0.2, 0.25) is 5.91 Å². The highest BCUT2D eigenvalue weighted by Crippen LogP contribution is 2.37. The number of aliphatic hydroxyl groups is 1. The molecule has 3 N–H and O–H groups in total. The summed E-state index contributed by atoms with van der Waals surface area (Å²) in [6.45, 7) is 20.6. The predicted molar refractivity (Wildman–Crippen MR) is 131 cm³/mol. The summed E-state index contributed by atoms with van der Waals surface area (Å²) in [6.07, 6.45) is 1.22. The monoisotopic (exact) mass is 446 g/mol. The largest absolute Gasteiger partial charge is 0.507 e. The Morgan fingerprint density at radius 3 is 1.94 bits per heavy atom. The van der Waals surface area contributed by atoms with Gasteiger partial charge in [0.25, 0.3) is 0 Å². The Hall–Kier alpha value is -2.21. The van der Waals surface area contributed by atoms with E-state index in [1.807, 2.05) is 53.7 Å². The van der Waals surface area contributed by atoms with Crippen LogP contribution in [0, 0.1) is 0 Å². The molecule has 0 aliphatic carbocycles. The van der Waals surface area contributed by atoms with Gasteiger partial charge in [-0.3, -0.25) is 14.6 Å². The predicted octanol–water partition coefficient (Wildman–Crippen LogP) is 4.42. The van der Waals surface area contributed by atoms with E-state index in [1.54, 1.807) is 0 Å². The Balaban J connectivity index is 3.62. The summed E-state index contributed by atoms with van der Waals surface area (Å²) in [5, 5.41) is 24.8. The fourth-order valence-corrected chi connectivity index (χ4v) is 3.46. The van der Waals surface area contributed by atoms with E-state index in [2.05, 4.69) is 31.1 Å². The highest BCUT2D eigenvalue weighted by Gasteiger charge is 2.39. The second kappa shape index (κ2) is 9.34. The minimum Gasteiger partial charge on any atom is -0.507 e. The summed E-state index contributed by atoms with van der Waals surface area (Å²) in [5.74, 6) is -0.635. The van der Waals surface area contributed by atoms with Gasteiger partial charge in [0.15, 0.2) is 6.04 Å². The van der Waals surface area contributed by atoms with Crippen LogP contribution in [0.2, 0.25) is 0 Å². The van der Waals surface area contributed by atoms with Gasteiger partial charge in [0, 0.05) is 29.3 Å². The number of benzene rings is 1. The van der Waals surface area contributed by atoms with Gasteiger partial charge in [-0.15, -0.1) is 0 Å². The molecule has 32 heavy (non-hydrogen) atoms. The summed E-state index contributed by atoms with van der Waals surface area (Å²) >= 11 is 0. The molecule has 0 unspecified atom stereocenters. The fraction of sp³-hybridized carbons (Fsp3) is 0.654. The molecule has 0 bridgehead atoms. The van der Waals surface area contributed by atoms with Crippen molar-refractivity contribution in [2.24, 2.45) is 4.99 Å². The summed E-state index contributed by atoms with van der Waals surface area (Å²) < 4.78 is 0. The van der Waals surface area contributed by atoms with E-state index in [4.69, 9.17) is 0 Å². The molecule has 1 aromatic rings. The Bertz CT molecular complexity index is 879. The van der Waals surface area contributed by atoms with Crippen LogP contribution in [0.25, 0.3) is 0 Å². The van der Waals surface area contributed by atoms with Crippen molar-refractivity contribution in [3.63, 3.8) is 0 Å². The molecule has 0 radical (unpaired) electrons. The topological polar surface area (TPSA) is 99.0 Å². The summed E-state index contributed by atoms with van der Waals surface area (Å²) in [5.41, 5.74) is -0.427. The number of carbonyl (C=O) groups is 2. The van der Waals surface area contributed by atoms with Crippen LogP contribution in [0.5, 0.6) is 5.75 Å². The van der Waals surface area contributed by atoms with Crippen LogP contribution in [-0.2, 0) is 20.4 Å². The number of Topliss-reactive ketones (excluding diaryl/α,β-unsaturated/α-hetero) is 1. The third kappa shape index (κ3) is 7.73. The zero-order chi connectivity index (χ0) is 25.3. The van der Waals surface area contributed by atoms with Crippen molar-refractivity contribution in [3.05, 3.63) is 28.8 Å². The Labute approximate surface area is 193 Å². The first kappa shape index (κ1) is 27.8. The second-order valence-corrected chi connectivity index (χ2v) is 12.1. The van der Waals surface area contributed by atoms with Crippen LogP contribution in [0.4, 0.5) is 0 Å². The molecular formula is C26H42N2O4. The standard InChI is InChI=1S/C26H42N2O4/c1-16(29)14-26(11,32)21(22(31)28-25(8,9)10)27-15-17-12-18(23(2,3)4)13-19(20(17)30)24(5,6)7/h12-13,15,21,30,32H,14H2,1-11H3,(H,28,31)/t21-,26-/m1/s1.